The first-order valence-electron chi connectivity index (χ1n) is 12.3. The Morgan fingerprint density at radius 1 is 1.09 bits per heavy atom. The third-order valence-corrected chi connectivity index (χ3v) is 8.14. The molecule has 1 saturated heterocycles. The SMILES string of the molecule is O=C1CCC(N2Cc3c(SCCCCCCCNC4CCC(F)(F)C4)cccc3C2=O)C(=O)N1. The Bertz CT molecular complexity index is 927. The maximum atomic E-state index is 13.2. The van der Waals surface area contributed by atoms with Crippen LogP contribution in [0, 0.1) is 0 Å². The Kier molecular flexibility index (Phi) is 8.24. The number of carbonyl (C=O) groups is 3. The molecule has 1 saturated carbocycles. The second kappa shape index (κ2) is 11.2. The van der Waals surface area contributed by atoms with E-state index in [1.807, 2.05) is 18.2 Å². The van der Waals surface area contributed by atoms with E-state index in [2.05, 4.69) is 10.6 Å². The molecule has 1 aromatic carbocycles. The van der Waals surface area contributed by atoms with Gasteiger partial charge in [0.15, 0.2) is 0 Å². The zero-order valence-corrected chi connectivity index (χ0v) is 20.2. The van der Waals surface area contributed by atoms with Crippen LogP contribution in [-0.4, -0.2) is 52.9 Å². The van der Waals surface area contributed by atoms with Gasteiger partial charge in [-0.2, -0.15) is 0 Å². The van der Waals surface area contributed by atoms with E-state index in [0.717, 1.165) is 54.9 Å². The molecule has 2 heterocycles. The maximum absolute atomic E-state index is 13.2. The van der Waals surface area contributed by atoms with Crippen LogP contribution >= 0.6 is 11.8 Å². The van der Waals surface area contributed by atoms with Crippen molar-refractivity contribution in [3.63, 3.8) is 0 Å². The van der Waals surface area contributed by atoms with E-state index < -0.39 is 12.0 Å². The number of imide groups is 1. The molecule has 0 bridgehead atoms. The number of rotatable bonds is 11. The highest BCUT2D eigenvalue weighted by atomic mass is 32.2. The van der Waals surface area contributed by atoms with E-state index in [1.54, 1.807) is 16.7 Å². The van der Waals surface area contributed by atoms with E-state index >= 15 is 0 Å². The van der Waals surface area contributed by atoms with Gasteiger partial charge in [-0.3, -0.25) is 19.7 Å². The smallest absolute Gasteiger partial charge is 0.255 e. The van der Waals surface area contributed by atoms with Crippen LogP contribution in [0.1, 0.15) is 80.1 Å². The topological polar surface area (TPSA) is 78.5 Å². The third kappa shape index (κ3) is 6.16. The summed E-state index contributed by atoms with van der Waals surface area (Å²) in [6, 6.07) is 5.12. The van der Waals surface area contributed by atoms with Gasteiger partial charge < -0.3 is 10.2 Å². The average molecular weight is 494 g/mol. The van der Waals surface area contributed by atoms with Gasteiger partial charge >= 0.3 is 0 Å². The molecule has 0 radical (unpaired) electrons. The highest BCUT2D eigenvalue weighted by Crippen LogP contribution is 2.35. The fourth-order valence-electron chi connectivity index (χ4n) is 5.06. The molecule has 2 aliphatic heterocycles. The van der Waals surface area contributed by atoms with Crippen LogP contribution in [0.3, 0.4) is 0 Å². The van der Waals surface area contributed by atoms with Crippen LogP contribution < -0.4 is 10.6 Å². The van der Waals surface area contributed by atoms with Crippen LogP contribution in [0.15, 0.2) is 23.1 Å². The molecule has 2 fully saturated rings. The van der Waals surface area contributed by atoms with Crippen molar-refractivity contribution in [2.24, 2.45) is 0 Å². The summed E-state index contributed by atoms with van der Waals surface area (Å²) in [6.45, 7) is 1.22. The number of halogens is 2. The van der Waals surface area contributed by atoms with Crippen LogP contribution in [0.2, 0.25) is 0 Å². The Morgan fingerprint density at radius 3 is 2.65 bits per heavy atom. The molecule has 2 atom stereocenters. The monoisotopic (exact) mass is 493 g/mol. The van der Waals surface area contributed by atoms with Crippen LogP contribution in [0.25, 0.3) is 0 Å². The van der Waals surface area contributed by atoms with Crippen molar-refractivity contribution in [1.29, 1.82) is 0 Å². The number of piperidine rings is 1. The molecule has 0 spiro atoms. The molecule has 3 aliphatic rings. The molecule has 6 nitrogen and oxygen atoms in total. The number of nitrogens with one attached hydrogen (secondary N) is 2. The Balaban J connectivity index is 1.14. The number of nitrogens with zero attached hydrogens (tertiary/aromatic N) is 1. The lowest BCUT2D eigenvalue weighted by Crippen LogP contribution is -2.52. The summed E-state index contributed by atoms with van der Waals surface area (Å²) < 4.78 is 26.4. The van der Waals surface area contributed by atoms with Crippen molar-refractivity contribution >= 4 is 29.5 Å². The molecule has 4 rings (SSSR count). The molecule has 186 valence electrons. The van der Waals surface area contributed by atoms with Gasteiger partial charge in [0.25, 0.3) is 5.91 Å². The molecule has 3 amide bonds. The van der Waals surface area contributed by atoms with Crippen molar-refractivity contribution in [2.45, 2.75) is 93.7 Å². The molecule has 1 aromatic rings. The van der Waals surface area contributed by atoms with E-state index in [0.29, 0.717) is 24.9 Å². The van der Waals surface area contributed by atoms with Crippen LogP contribution in [-0.2, 0) is 16.1 Å². The van der Waals surface area contributed by atoms with Gasteiger partial charge in [-0.15, -0.1) is 11.8 Å². The number of carbonyl (C=O) groups excluding carboxylic acids is 3. The minimum Gasteiger partial charge on any atom is -0.322 e. The highest BCUT2D eigenvalue weighted by Gasteiger charge is 2.40. The summed E-state index contributed by atoms with van der Waals surface area (Å²) in [6.07, 6.45) is 6.60. The van der Waals surface area contributed by atoms with E-state index in [-0.39, 0.29) is 43.0 Å². The van der Waals surface area contributed by atoms with Gasteiger partial charge in [0.2, 0.25) is 17.7 Å². The first kappa shape index (κ1) is 25.1. The van der Waals surface area contributed by atoms with Gasteiger partial charge in [0.05, 0.1) is 0 Å². The number of fused-ring (bicyclic) bond motifs is 1. The van der Waals surface area contributed by atoms with Gasteiger partial charge in [-0.05, 0) is 55.7 Å². The summed E-state index contributed by atoms with van der Waals surface area (Å²) >= 11 is 1.75. The molecule has 2 N–H and O–H groups in total. The lowest BCUT2D eigenvalue weighted by atomic mass is 10.0. The zero-order valence-electron chi connectivity index (χ0n) is 19.4. The summed E-state index contributed by atoms with van der Waals surface area (Å²) in [7, 11) is 0. The maximum Gasteiger partial charge on any atom is 0.255 e. The Morgan fingerprint density at radius 2 is 1.88 bits per heavy atom. The zero-order chi connectivity index (χ0) is 24.1. The summed E-state index contributed by atoms with van der Waals surface area (Å²) in [5.74, 6) is -2.33. The van der Waals surface area contributed by atoms with Crippen LogP contribution in [0.5, 0.6) is 0 Å². The molecule has 2 unspecified atom stereocenters. The highest BCUT2D eigenvalue weighted by molar-refractivity contribution is 7.99. The fraction of sp³-hybridized carbons (Fsp3) is 0.640. The second-order valence-electron chi connectivity index (χ2n) is 9.55. The van der Waals surface area contributed by atoms with Crippen molar-refractivity contribution in [3.8, 4) is 0 Å². The van der Waals surface area contributed by atoms with E-state index in [9.17, 15) is 23.2 Å². The van der Waals surface area contributed by atoms with Gasteiger partial charge in [0.1, 0.15) is 6.04 Å². The average Bonchev–Trinajstić information content (AvgIpc) is 3.32. The molecule has 34 heavy (non-hydrogen) atoms. The number of unbranched alkanes of at least 4 members (excludes halogenated alkanes) is 4. The Hall–Kier alpha value is -2.00. The lowest BCUT2D eigenvalue weighted by molar-refractivity contribution is -0.136. The minimum atomic E-state index is -2.48. The largest absolute Gasteiger partial charge is 0.322 e. The van der Waals surface area contributed by atoms with E-state index in [1.165, 1.54) is 0 Å². The molecule has 1 aliphatic carbocycles. The molecular formula is C25H33F2N3O3S. The van der Waals surface area contributed by atoms with E-state index in [4.69, 9.17) is 0 Å². The predicted octanol–water partition coefficient (Wildman–Crippen LogP) is 4.27. The second-order valence-corrected chi connectivity index (χ2v) is 10.7. The van der Waals surface area contributed by atoms with Gasteiger partial charge in [0, 0.05) is 42.3 Å². The first-order valence-corrected chi connectivity index (χ1v) is 13.3. The lowest BCUT2D eigenvalue weighted by Gasteiger charge is -2.29. The minimum absolute atomic E-state index is 0.00999. The number of thioether (sulfide) groups is 1. The van der Waals surface area contributed by atoms with Crippen molar-refractivity contribution in [3.05, 3.63) is 29.3 Å². The normalized spacial score (nSPS) is 23.9. The van der Waals surface area contributed by atoms with Crippen LogP contribution in [0.4, 0.5) is 8.78 Å². The van der Waals surface area contributed by atoms with Crippen molar-refractivity contribution < 1.29 is 23.2 Å². The first-order chi connectivity index (χ1) is 16.3. The molecule has 9 heteroatoms. The fourth-order valence-corrected chi connectivity index (χ4v) is 6.15. The third-order valence-electron chi connectivity index (χ3n) is 6.95. The quantitative estimate of drug-likeness (QED) is 0.274. The summed E-state index contributed by atoms with van der Waals surface area (Å²) in [4.78, 5) is 39.3. The summed E-state index contributed by atoms with van der Waals surface area (Å²) in [5, 5.41) is 5.60. The molecular weight excluding hydrogens is 460 g/mol. The number of hydrogen-bond donors (Lipinski definition) is 2. The predicted molar refractivity (Wildman–Crippen MR) is 127 cm³/mol. The van der Waals surface area contributed by atoms with Crippen molar-refractivity contribution in [2.75, 3.05) is 12.3 Å². The Labute approximate surface area is 203 Å². The number of hydrogen-bond acceptors (Lipinski definition) is 5. The summed E-state index contributed by atoms with van der Waals surface area (Å²) in [5.41, 5.74) is 1.63. The number of amides is 3. The van der Waals surface area contributed by atoms with Gasteiger partial charge in [-0.1, -0.05) is 25.3 Å². The van der Waals surface area contributed by atoms with Crippen molar-refractivity contribution in [1.82, 2.24) is 15.5 Å². The number of benzene rings is 1. The number of alkyl halides is 2. The molecule has 0 aromatic heterocycles. The standard InChI is InChI=1S/C25H33F2N3O3S/c26-25(27)12-11-17(15-25)28-13-4-2-1-3-5-14-34-21-8-6-7-18-19(21)16-30(24(18)33)20-9-10-22(31)29-23(20)32/h6-8,17,20,28H,1-5,9-16H2,(H,29,31,32). The van der Waals surface area contributed by atoms with Gasteiger partial charge in [-0.25, -0.2) is 8.78 Å².